The van der Waals surface area contributed by atoms with E-state index in [1.807, 2.05) is 23.5 Å². The Morgan fingerprint density at radius 3 is 3.00 bits per heavy atom. The molecule has 1 N–H and O–H groups in total. The van der Waals surface area contributed by atoms with Crippen LogP contribution in [0.15, 0.2) is 23.0 Å². The van der Waals surface area contributed by atoms with Gasteiger partial charge in [0.2, 0.25) is 5.65 Å². The highest BCUT2D eigenvalue weighted by molar-refractivity contribution is 5.78. The Labute approximate surface area is 109 Å². The van der Waals surface area contributed by atoms with Crippen molar-refractivity contribution in [3.05, 3.63) is 39.9 Å². The minimum atomic E-state index is -0.175. The first-order chi connectivity index (χ1) is 9.22. The summed E-state index contributed by atoms with van der Waals surface area (Å²) in [7, 11) is 0. The smallest absolute Gasteiger partial charge is 0.294 e. The molecule has 2 aromatic heterocycles. The molecule has 5 nitrogen and oxygen atoms in total. The van der Waals surface area contributed by atoms with Gasteiger partial charge in [-0.1, -0.05) is 6.07 Å². The van der Waals surface area contributed by atoms with E-state index in [0.717, 1.165) is 28.8 Å². The zero-order chi connectivity index (χ0) is 13.0. The van der Waals surface area contributed by atoms with E-state index in [0.29, 0.717) is 11.6 Å². The summed E-state index contributed by atoms with van der Waals surface area (Å²) in [5, 5.41) is 8.26. The summed E-state index contributed by atoms with van der Waals surface area (Å²) in [5.74, 6) is 1.62. The maximum atomic E-state index is 12.0. The topological polar surface area (TPSA) is 63.0 Å². The van der Waals surface area contributed by atoms with Crippen LogP contribution in [0.3, 0.4) is 0 Å². The summed E-state index contributed by atoms with van der Waals surface area (Å²) in [4.78, 5) is 14.9. The lowest BCUT2D eigenvalue weighted by Gasteiger charge is -2.05. The summed E-state index contributed by atoms with van der Waals surface area (Å²) in [6, 6.07) is 6.00. The summed E-state index contributed by atoms with van der Waals surface area (Å²) < 4.78 is 1.92. The first kappa shape index (κ1) is 10.7. The van der Waals surface area contributed by atoms with Crippen LogP contribution in [0, 0.1) is 12.8 Å². The standard InChI is InChI=1S/C14H14N4O/c1-8-2-5-10-11(6-8)18-12(7-9-3-4-9)16-17-13(18)14(19)15-10/h2,5-6,9H,3-4,7H2,1H3,(H,15,19). The number of fused-ring (bicyclic) bond motifs is 3. The van der Waals surface area contributed by atoms with Crippen LogP contribution in [0.1, 0.15) is 24.2 Å². The second-order valence-electron chi connectivity index (χ2n) is 5.40. The Morgan fingerprint density at radius 2 is 2.21 bits per heavy atom. The minimum Gasteiger partial charge on any atom is -0.317 e. The van der Waals surface area contributed by atoms with Crippen molar-refractivity contribution in [2.45, 2.75) is 26.2 Å². The average Bonchev–Trinajstić information content (AvgIpc) is 3.09. The number of aromatic amines is 1. The van der Waals surface area contributed by atoms with Gasteiger partial charge >= 0.3 is 0 Å². The third kappa shape index (κ3) is 1.65. The van der Waals surface area contributed by atoms with Gasteiger partial charge in [-0.2, -0.15) is 0 Å². The Kier molecular flexibility index (Phi) is 2.07. The number of aromatic nitrogens is 4. The van der Waals surface area contributed by atoms with E-state index in [9.17, 15) is 4.79 Å². The maximum absolute atomic E-state index is 12.0. The fraction of sp³-hybridized carbons (Fsp3) is 0.357. The van der Waals surface area contributed by atoms with Crippen molar-refractivity contribution >= 4 is 16.7 Å². The van der Waals surface area contributed by atoms with Crippen molar-refractivity contribution in [1.82, 2.24) is 19.6 Å². The Balaban J connectivity index is 2.11. The van der Waals surface area contributed by atoms with Crippen molar-refractivity contribution in [3.8, 4) is 0 Å². The van der Waals surface area contributed by atoms with Crippen molar-refractivity contribution in [1.29, 1.82) is 0 Å². The third-order valence-electron chi connectivity index (χ3n) is 3.74. The SMILES string of the molecule is Cc1ccc2[nH]c(=O)c3nnc(CC4CC4)n3c2c1. The first-order valence-corrected chi connectivity index (χ1v) is 6.59. The molecule has 1 aliphatic carbocycles. The molecule has 1 aliphatic rings. The number of nitrogens with one attached hydrogen (secondary N) is 1. The van der Waals surface area contributed by atoms with Crippen molar-refractivity contribution < 1.29 is 0 Å². The van der Waals surface area contributed by atoms with Crippen LogP contribution < -0.4 is 5.56 Å². The lowest BCUT2D eigenvalue weighted by molar-refractivity contribution is 0.763. The van der Waals surface area contributed by atoms with E-state index in [1.54, 1.807) is 0 Å². The number of hydrogen-bond donors (Lipinski definition) is 1. The fourth-order valence-electron chi connectivity index (χ4n) is 2.54. The molecule has 0 bridgehead atoms. The lowest BCUT2D eigenvalue weighted by Crippen LogP contribution is -2.12. The highest BCUT2D eigenvalue weighted by atomic mass is 16.1. The number of rotatable bonds is 2. The maximum Gasteiger partial charge on any atom is 0.294 e. The second-order valence-corrected chi connectivity index (χ2v) is 5.40. The molecule has 5 heteroatoms. The molecular weight excluding hydrogens is 240 g/mol. The normalized spacial score (nSPS) is 15.4. The molecule has 1 fully saturated rings. The van der Waals surface area contributed by atoms with Gasteiger partial charge < -0.3 is 4.98 Å². The van der Waals surface area contributed by atoms with Gasteiger partial charge in [0.05, 0.1) is 11.0 Å². The average molecular weight is 254 g/mol. The van der Waals surface area contributed by atoms with E-state index < -0.39 is 0 Å². The van der Waals surface area contributed by atoms with E-state index in [-0.39, 0.29) is 5.56 Å². The molecule has 0 spiro atoms. The van der Waals surface area contributed by atoms with Crippen LogP contribution in [0.5, 0.6) is 0 Å². The zero-order valence-electron chi connectivity index (χ0n) is 10.7. The van der Waals surface area contributed by atoms with Gasteiger partial charge in [-0.05, 0) is 43.4 Å². The Bertz CT molecular complexity index is 842. The Hall–Kier alpha value is -2.17. The molecule has 96 valence electrons. The predicted molar refractivity (Wildman–Crippen MR) is 72.3 cm³/mol. The van der Waals surface area contributed by atoms with Crippen LogP contribution in [0.25, 0.3) is 16.7 Å². The van der Waals surface area contributed by atoms with Crippen LogP contribution in [0.4, 0.5) is 0 Å². The molecule has 1 saturated carbocycles. The summed E-state index contributed by atoms with van der Waals surface area (Å²) >= 11 is 0. The quantitative estimate of drug-likeness (QED) is 0.759. The van der Waals surface area contributed by atoms with Gasteiger partial charge in [-0.3, -0.25) is 9.20 Å². The Morgan fingerprint density at radius 1 is 1.37 bits per heavy atom. The van der Waals surface area contributed by atoms with Gasteiger partial charge in [-0.25, -0.2) is 0 Å². The van der Waals surface area contributed by atoms with Crippen LogP contribution in [0.2, 0.25) is 0 Å². The molecule has 4 rings (SSSR count). The fourth-order valence-corrected chi connectivity index (χ4v) is 2.54. The molecular formula is C14H14N4O. The number of hydrogen-bond acceptors (Lipinski definition) is 3. The van der Waals surface area contributed by atoms with E-state index in [1.165, 1.54) is 12.8 Å². The zero-order valence-corrected chi connectivity index (χ0v) is 10.7. The van der Waals surface area contributed by atoms with E-state index in [4.69, 9.17) is 0 Å². The molecule has 0 saturated heterocycles. The summed E-state index contributed by atoms with van der Waals surface area (Å²) in [5.41, 5.74) is 3.20. The van der Waals surface area contributed by atoms with Gasteiger partial charge in [-0.15, -0.1) is 10.2 Å². The molecule has 19 heavy (non-hydrogen) atoms. The third-order valence-corrected chi connectivity index (χ3v) is 3.74. The van der Waals surface area contributed by atoms with Gasteiger partial charge in [0, 0.05) is 6.42 Å². The first-order valence-electron chi connectivity index (χ1n) is 6.59. The molecule has 0 aliphatic heterocycles. The molecule has 0 atom stereocenters. The lowest BCUT2D eigenvalue weighted by atomic mass is 10.2. The predicted octanol–water partition coefficient (Wildman–Crippen LogP) is 1.83. The van der Waals surface area contributed by atoms with Gasteiger partial charge in [0.1, 0.15) is 5.82 Å². The molecule has 3 aromatic rings. The van der Waals surface area contributed by atoms with Crippen LogP contribution in [-0.4, -0.2) is 19.6 Å². The molecule has 0 radical (unpaired) electrons. The highest BCUT2D eigenvalue weighted by Crippen LogP contribution is 2.32. The second kappa shape index (κ2) is 3.66. The summed E-state index contributed by atoms with van der Waals surface area (Å²) in [6.45, 7) is 2.04. The van der Waals surface area contributed by atoms with Crippen molar-refractivity contribution in [2.24, 2.45) is 5.92 Å². The monoisotopic (exact) mass is 254 g/mol. The molecule has 0 unspecified atom stereocenters. The highest BCUT2D eigenvalue weighted by Gasteiger charge is 2.25. The molecule has 0 amide bonds. The largest absolute Gasteiger partial charge is 0.317 e. The number of nitrogens with zero attached hydrogens (tertiary/aromatic N) is 3. The molecule has 1 aromatic carbocycles. The van der Waals surface area contributed by atoms with Gasteiger partial charge in [0.15, 0.2) is 0 Å². The van der Waals surface area contributed by atoms with Crippen molar-refractivity contribution in [2.75, 3.05) is 0 Å². The number of benzene rings is 1. The van der Waals surface area contributed by atoms with Crippen LogP contribution in [-0.2, 0) is 6.42 Å². The van der Waals surface area contributed by atoms with Crippen molar-refractivity contribution in [3.63, 3.8) is 0 Å². The van der Waals surface area contributed by atoms with E-state index >= 15 is 0 Å². The van der Waals surface area contributed by atoms with Gasteiger partial charge in [0.25, 0.3) is 5.56 Å². The van der Waals surface area contributed by atoms with Crippen LogP contribution >= 0.6 is 0 Å². The number of aryl methyl sites for hydroxylation is 1. The van der Waals surface area contributed by atoms with E-state index in [2.05, 4.69) is 21.2 Å². The minimum absolute atomic E-state index is 0.175. The molecule has 2 heterocycles. The number of H-pyrrole nitrogens is 1. The summed E-state index contributed by atoms with van der Waals surface area (Å²) in [6.07, 6.45) is 3.43.